The SMILES string of the molecule is COc1ccccc1NC(=O)[C@@H]1CCc2nc(N3CCOCC3)ncc2C1. The molecule has 1 fully saturated rings. The van der Waals surface area contributed by atoms with E-state index >= 15 is 0 Å². The summed E-state index contributed by atoms with van der Waals surface area (Å²) in [6.07, 6.45) is 4.13. The molecule has 1 aromatic carbocycles. The van der Waals surface area contributed by atoms with E-state index in [4.69, 9.17) is 14.5 Å². The number of aromatic nitrogens is 2. The van der Waals surface area contributed by atoms with Crippen LogP contribution < -0.4 is 15.0 Å². The monoisotopic (exact) mass is 368 g/mol. The molecule has 1 aliphatic heterocycles. The second kappa shape index (κ2) is 7.92. The minimum Gasteiger partial charge on any atom is -0.495 e. The molecule has 1 atom stereocenters. The summed E-state index contributed by atoms with van der Waals surface area (Å²) in [5.74, 6) is 1.37. The number of para-hydroxylation sites is 2. The summed E-state index contributed by atoms with van der Waals surface area (Å²) < 4.78 is 10.7. The van der Waals surface area contributed by atoms with Gasteiger partial charge in [0.15, 0.2) is 0 Å². The second-order valence-electron chi connectivity index (χ2n) is 6.87. The smallest absolute Gasteiger partial charge is 0.227 e. The lowest BCUT2D eigenvalue weighted by atomic mass is 9.86. The third kappa shape index (κ3) is 3.88. The highest BCUT2D eigenvalue weighted by Crippen LogP contribution is 2.28. The lowest BCUT2D eigenvalue weighted by Gasteiger charge is -2.28. The van der Waals surface area contributed by atoms with Crippen LogP contribution in [0.5, 0.6) is 5.75 Å². The lowest BCUT2D eigenvalue weighted by molar-refractivity contribution is -0.120. The first kappa shape index (κ1) is 17.7. The Balaban J connectivity index is 1.44. The maximum absolute atomic E-state index is 12.7. The fraction of sp³-hybridized carbons (Fsp3) is 0.450. The van der Waals surface area contributed by atoms with E-state index < -0.39 is 0 Å². The van der Waals surface area contributed by atoms with Crippen LogP contribution in [0.25, 0.3) is 0 Å². The van der Waals surface area contributed by atoms with Crippen molar-refractivity contribution in [1.29, 1.82) is 0 Å². The van der Waals surface area contributed by atoms with Gasteiger partial charge in [-0.15, -0.1) is 0 Å². The minimum absolute atomic E-state index is 0.0161. The van der Waals surface area contributed by atoms with Gasteiger partial charge in [-0.3, -0.25) is 4.79 Å². The van der Waals surface area contributed by atoms with Gasteiger partial charge >= 0.3 is 0 Å². The van der Waals surface area contributed by atoms with Crippen LogP contribution in [0.3, 0.4) is 0 Å². The van der Waals surface area contributed by atoms with E-state index in [-0.39, 0.29) is 11.8 Å². The van der Waals surface area contributed by atoms with Gasteiger partial charge in [-0.05, 0) is 37.0 Å². The van der Waals surface area contributed by atoms with E-state index in [1.54, 1.807) is 7.11 Å². The average Bonchev–Trinajstić information content (AvgIpc) is 2.74. The zero-order chi connectivity index (χ0) is 18.6. The summed E-state index contributed by atoms with van der Waals surface area (Å²) in [6, 6.07) is 7.46. The van der Waals surface area contributed by atoms with Crippen molar-refractivity contribution in [1.82, 2.24) is 9.97 Å². The van der Waals surface area contributed by atoms with Crippen molar-refractivity contribution in [3.05, 3.63) is 41.7 Å². The second-order valence-corrected chi connectivity index (χ2v) is 6.87. The van der Waals surface area contributed by atoms with Crippen molar-refractivity contribution in [2.24, 2.45) is 5.92 Å². The summed E-state index contributed by atoms with van der Waals surface area (Å²) >= 11 is 0. The third-order valence-electron chi connectivity index (χ3n) is 5.17. The Bertz CT molecular complexity index is 821. The number of benzene rings is 1. The topological polar surface area (TPSA) is 76.6 Å². The number of nitrogens with zero attached hydrogens (tertiary/aromatic N) is 3. The number of amides is 1. The van der Waals surface area contributed by atoms with Gasteiger partial charge in [0.05, 0.1) is 26.0 Å². The molecule has 4 rings (SSSR count). The predicted molar refractivity (Wildman–Crippen MR) is 102 cm³/mol. The Hall–Kier alpha value is -2.67. The van der Waals surface area contributed by atoms with Gasteiger partial charge in [-0.2, -0.15) is 0 Å². The van der Waals surface area contributed by atoms with Gasteiger partial charge in [0, 0.05) is 30.9 Å². The van der Waals surface area contributed by atoms with Gasteiger partial charge in [-0.25, -0.2) is 9.97 Å². The Morgan fingerprint density at radius 2 is 2.11 bits per heavy atom. The van der Waals surface area contributed by atoms with E-state index in [0.717, 1.165) is 43.1 Å². The maximum atomic E-state index is 12.7. The van der Waals surface area contributed by atoms with Crippen LogP contribution in [0.15, 0.2) is 30.5 Å². The first-order valence-electron chi connectivity index (χ1n) is 9.36. The standard InChI is InChI=1S/C20H24N4O3/c1-26-18-5-3-2-4-17(18)22-19(25)14-6-7-16-15(12-14)13-21-20(23-16)24-8-10-27-11-9-24/h2-5,13-14H,6-12H2,1H3,(H,22,25)/t14-/m1/s1. The molecule has 142 valence electrons. The highest BCUT2D eigenvalue weighted by Gasteiger charge is 2.27. The van der Waals surface area contributed by atoms with Gasteiger partial charge in [0.2, 0.25) is 11.9 Å². The van der Waals surface area contributed by atoms with Crippen LogP contribution in [0.2, 0.25) is 0 Å². The molecule has 7 heteroatoms. The van der Waals surface area contributed by atoms with E-state index in [1.165, 1.54) is 0 Å². The largest absolute Gasteiger partial charge is 0.495 e. The lowest BCUT2D eigenvalue weighted by Crippen LogP contribution is -2.38. The number of fused-ring (bicyclic) bond motifs is 1. The highest BCUT2D eigenvalue weighted by atomic mass is 16.5. The number of aryl methyl sites for hydroxylation is 1. The number of hydrogen-bond donors (Lipinski definition) is 1. The molecule has 0 radical (unpaired) electrons. The molecule has 0 unspecified atom stereocenters. The number of methoxy groups -OCH3 is 1. The molecule has 2 heterocycles. The average molecular weight is 368 g/mol. The zero-order valence-corrected chi connectivity index (χ0v) is 15.5. The number of anilines is 2. The first-order valence-corrected chi connectivity index (χ1v) is 9.36. The summed E-state index contributed by atoms with van der Waals surface area (Å²) in [6.45, 7) is 3.07. The highest BCUT2D eigenvalue weighted by molar-refractivity contribution is 5.94. The number of hydrogen-bond acceptors (Lipinski definition) is 6. The normalized spacial score (nSPS) is 19.3. The number of morpholine rings is 1. The van der Waals surface area contributed by atoms with Crippen molar-refractivity contribution in [2.45, 2.75) is 19.3 Å². The fourth-order valence-corrected chi connectivity index (χ4v) is 3.62. The van der Waals surface area contributed by atoms with Crippen molar-refractivity contribution in [2.75, 3.05) is 43.6 Å². The Labute approximate surface area is 158 Å². The summed E-state index contributed by atoms with van der Waals surface area (Å²) in [4.78, 5) is 24.2. The number of ether oxygens (including phenoxy) is 2. The maximum Gasteiger partial charge on any atom is 0.227 e. The van der Waals surface area contributed by atoms with E-state index in [0.29, 0.717) is 31.1 Å². The van der Waals surface area contributed by atoms with Crippen LogP contribution in [-0.4, -0.2) is 49.3 Å². The molecule has 1 aliphatic carbocycles. The molecule has 0 spiro atoms. The summed E-state index contributed by atoms with van der Waals surface area (Å²) in [5.41, 5.74) is 2.83. The molecule has 2 aromatic rings. The Morgan fingerprint density at radius 1 is 1.30 bits per heavy atom. The van der Waals surface area contributed by atoms with Crippen LogP contribution in [0, 0.1) is 5.92 Å². The molecule has 7 nitrogen and oxygen atoms in total. The number of rotatable bonds is 4. The molecule has 27 heavy (non-hydrogen) atoms. The van der Waals surface area contributed by atoms with Crippen LogP contribution >= 0.6 is 0 Å². The first-order chi connectivity index (χ1) is 13.2. The molecular formula is C20H24N4O3. The quantitative estimate of drug-likeness (QED) is 0.890. The zero-order valence-electron chi connectivity index (χ0n) is 15.5. The Morgan fingerprint density at radius 3 is 2.93 bits per heavy atom. The van der Waals surface area contributed by atoms with E-state index in [9.17, 15) is 4.79 Å². The number of nitrogens with one attached hydrogen (secondary N) is 1. The van der Waals surface area contributed by atoms with E-state index in [1.807, 2.05) is 30.5 Å². The fourth-order valence-electron chi connectivity index (χ4n) is 3.62. The van der Waals surface area contributed by atoms with Crippen molar-refractivity contribution in [3.63, 3.8) is 0 Å². The van der Waals surface area contributed by atoms with Crippen molar-refractivity contribution >= 4 is 17.5 Å². The molecule has 0 saturated carbocycles. The molecule has 2 aliphatic rings. The third-order valence-corrected chi connectivity index (χ3v) is 5.17. The van der Waals surface area contributed by atoms with Gasteiger partial charge in [0.1, 0.15) is 5.75 Å². The minimum atomic E-state index is -0.0831. The van der Waals surface area contributed by atoms with Crippen molar-refractivity contribution in [3.8, 4) is 5.75 Å². The van der Waals surface area contributed by atoms with Gasteiger partial charge in [0.25, 0.3) is 0 Å². The van der Waals surface area contributed by atoms with Gasteiger partial charge < -0.3 is 19.7 Å². The summed E-state index contributed by atoms with van der Waals surface area (Å²) in [5, 5.41) is 3.00. The molecule has 0 bridgehead atoms. The molecule has 1 N–H and O–H groups in total. The van der Waals surface area contributed by atoms with Crippen molar-refractivity contribution < 1.29 is 14.3 Å². The van der Waals surface area contributed by atoms with Gasteiger partial charge in [-0.1, -0.05) is 12.1 Å². The number of carbonyl (C=O) groups excluding carboxylic acids is 1. The molecule has 1 saturated heterocycles. The summed E-state index contributed by atoms with van der Waals surface area (Å²) in [7, 11) is 1.60. The molecule has 1 amide bonds. The Kier molecular flexibility index (Phi) is 5.20. The van der Waals surface area contributed by atoms with E-state index in [2.05, 4.69) is 15.2 Å². The molecular weight excluding hydrogens is 344 g/mol. The molecule has 1 aromatic heterocycles. The number of carbonyl (C=O) groups is 1. The predicted octanol–water partition coefficient (Wildman–Crippen LogP) is 2.07. The van der Waals surface area contributed by atoms with Crippen LogP contribution in [0.1, 0.15) is 17.7 Å². The van der Waals surface area contributed by atoms with Crippen LogP contribution in [0.4, 0.5) is 11.6 Å². The van der Waals surface area contributed by atoms with Crippen LogP contribution in [-0.2, 0) is 22.4 Å².